The Morgan fingerprint density at radius 1 is 1.60 bits per heavy atom. The van der Waals surface area contributed by atoms with Gasteiger partial charge in [0.15, 0.2) is 0 Å². The molecule has 1 saturated heterocycles. The summed E-state index contributed by atoms with van der Waals surface area (Å²) in [5.41, 5.74) is 0. The molecule has 0 bridgehead atoms. The molecule has 0 aromatic carbocycles. The molecular weight excluding hydrogens is 212 g/mol. The molecule has 0 aliphatic carbocycles. The molecule has 0 saturated carbocycles. The second kappa shape index (κ2) is 4.94. The first kappa shape index (κ1) is 10.9. The Balaban J connectivity index is 1.92. The highest BCUT2D eigenvalue weighted by atomic mass is 35.5. The van der Waals surface area contributed by atoms with E-state index in [1.165, 1.54) is 6.42 Å². The van der Waals surface area contributed by atoms with E-state index < -0.39 is 0 Å². The number of aryl methyl sites for hydroxylation is 1. The highest BCUT2D eigenvalue weighted by Gasteiger charge is 2.22. The maximum Gasteiger partial charge on any atom is 0.140 e. The molecule has 4 nitrogen and oxygen atoms in total. The first-order valence-electron chi connectivity index (χ1n) is 5.48. The fraction of sp³-hybridized carbons (Fsp3) is 0.800. The van der Waals surface area contributed by atoms with E-state index in [1.54, 1.807) is 6.33 Å². The summed E-state index contributed by atoms with van der Waals surface area (Å²) in [7, 11) is 0. The molecule has 0 radical (unpaired) electrons. The van der Waals surface area contributed by atoms with Crippen molar-refractivity contribution in [3.05, 3.63) is 12.2 Å². The van der Waals surface area contributed by atoms with Gasteiger partial charge in [0.25, 0.3) is 0 Å². The van der Waals surface area contributed by atoms with Crippen LogP contribution < -0.4 is 0 Å². The maximum atomic E-state index is 5.85. The number of aromatic nitrogens is 3. The largest absolute Gasteiger partial charge is 0.296 e. The third-order valence-electron chi connectivity index (χ3n) is 2.95. The third kappa shape index (κ3) is 2.49. The van der Waals surface area contributed by atoms with Crippen LogP contribution in [0.3, 0.4) is 0 Å². The van der Waals surface area contributed by atoms with Gasteiger partial charge in [-0.05, 0) is 25.8 Å². The monoisotopic (exact) mass is 228 g/mol. The van der Waals surface area contributed by atoms with Crippen LogP contribution in [0.15, 0.2) is 6.33 Å². The second-order valence-corrected chi connectivity index (χ2v) is 4.34. The molecule has 2 rings (SSSR count). The summed E-state index contributed by atoms with van der Waals surface area (Å²) < 4.78 is 1.95. The van der Waals surface area contributed by atoms with Gasteiger partial charge in [-0.3, -0.25) is 4.90 Å². The number of hydrogen-bond donors (Lipinski definition) is 0. The van der Waals surface area contributed by atoms with Crippen molar-refractivity contribution in [3.63, 3.8) is 0 Å². The number of alkyl halides is 1. The lowest BCUT2D eigenvalue weighted by Gasteiger charge is -2.14. The van der Waals surface area contributed by atoms with Crippen molar-refractivity contribution in [3.8, 4) is 0 Å². The van der Waals surface area contributed by atoms with Gasteiger partial charge in [-0.15, -0.1) is 11.6 Å². The highest BCUT2D eigenvalue weighted by molar-refractivity contribution is 6.18. The normalized spacial score (nSPS) is 22.4. The molecule has 1 aliphatic heterocycles. The molecule has 0 amide bonds. The lowest BCUT2D eigenvalue weighted by Crippen LogP contribution is -2.23. The third-order valence-corrected chi connectivity index (χ3v) is 3.38. The van der Waals surface area contributed by atoms with Gasteiger partial charge in [-0.2, -0.15) is 5.10 Å². The van der Waals surface area contributed by atoms with E-state index in [2.05, 4.69) is 21.9 Å². The Bertz CT molecular complexity index is 312. The van der Waals surface area contributed by atoms with Crippen LogP contribution in [-0.2, 0) is 13.1 Å². The minimum absolute atomic E-state index is 0.657. The fourth-order valence-corrected chi connectivity index (χ4v) is 2.31. The molecule has 2 heterocycles. The van der Waals surface area contributed by atoms with Crippen LogP contribution in [0.2, 0.25) is 0 Å². The van der Waals surface area contributed by atoms with Gasteiger partial charge in [0.05, 0.1) is 6.54 Å². The zero-order valence-electron chi connectivity index (χ0n) is 9.06. The van der Waals surface area contributed by atoms with Crippen LogP contribution in [0.5, 0.6) is 0 Å². The van der Waals surface area contributed by atoms with Crippen LogP contribution >= 0.6 is 11.6 Å². The quantitative estimate of drug-likeness (QED) is 0.730. The van der Waals surface area contributed by atoms with Gasteiger partial charge in [-0.1, -0.05) is 0 Å². The Morgan fingerprint density at radius 2 is 2.47 bits per heavy atom. The van der Waals surface area contributed by atoms with E-state index in [0.29, 0.717) is 5.92 Å². The van der Waals surface area contributed by atoms with Crippen molar-refractivity contribution in [1.29, 1.82) is 0 Å². The van der Waals surface area contributed by atoms with E-state index in [1.807, 2.05) is 4.68 Å². The molecule has 1 atom stereocenters. The van der Waals surface area contributed by atoms with E-state index in [4.69, 9.17) is 11.6 Å². The van der Waals surface area contributed by atoms with E-state index >= 15 is 0 Å². The number of halogens is 1. The van der Waals surface area contributed by atoms with Gasteiger partial charge in [0.2, 0.25) is 0 Å². The summed E-state index contributed by atoms with van der Waals surface area (Å²) in [6, 6.07) is 0. The zero-order chi connectivity index (χ0) is 10.7. The molecular formula is C10H17ClN4. The highest BCUT2D eigenvalue weighted by Crippen LogP contribution is 2.18. The van der Waals surface area contributed by atoms with Crippen LogP contribution in [0, 0.1) is 5.92 Å². The van der Waals surface area contributed by atoms with Crippen molar-refractivity contribution in [2.45, 2.75) is 26.4 Å². The fourth-order valence-electron chi connectivity index (χ4n) is 2.06. The van der Waals surface area contributed by atoms with Crippen molar-refractivity contribution < 1.29 is 0 Å². The van der Waals surface area contributed by atoms with Crippen LogP contribution in [0.1, 0.15) is 19.2 Å². The first-order chi connectivity index (χ1) is 7.33. The maximum absolute atomic E-state index is 5.85. The molecule has 84 valence electrons. The lowest BCUT2D eigenvalue weighted by atomic mass is 10.2. The SMILES string of the molecule is CCn1ncnc1CN1CCC(CCl)C1. The molecule has 1 aromatic heterocycles. The molecule has 1 unspecified atom stereocenters. The van der Waals surface area contributed by atoms with Crippen LogP contribution in [0.25, 0.3) is 0 Å². The number of rotatable bonds is 4. The Labute approximate surface area is 95.2 Å². The van der Waals surface area contributed by atoms with Gasteiger partial charge < -0.3 is 0 Å². The first-order valence-corrected chi connectivity index (χ1v) is 6.02. The van der Waals surface area contributed by atoms with Crippen molar-refractivity contribution in [2.24, 2.45) is 5.92 Å². The summed E-state index contributed by atoms with van der Waals surface area (Å²) in [5, 5.41) is 4.17. The van der Waals surface area contributed by atoms with Gasteiger partial charge in [0.1, 0.15) is 12.2 Å². The number of nitrogens with zero attached hydrogens (tertiary/aromatic N) is 4. The summed E-state index contributed by atoms with van der Waals surface area (Å²) in [5.74, 6) is 2.49. The summed E-state index contributed by atoms with van der Waals surface area (Å²) in [4.78, 5) is 6.68. The molecule has 1 fully saturated rings. The average molecular weight is 229 g/mol. The Hall–Kier alpha value is -0.610. The molecule has 1 aliphatic rings. The summed E-state index contributed by atoms with van der Waals surface area (Å²) in [6.07, 6.45) is 2.84. The van der Waals surface area contributed by atoms with E-state index in [9.17, 15) is 0 Å². The summed E-state index contributed by atoms with van der Waals surface area (Å²) in [6.45, 7) is 6.11. The minimum atomic E-state index is 0.657. The molecule has 0 spiro atoms. The molecule has 5 heteroatoms. The number of likely N-dealkylation sites (tertiary alicyclic amines) is 1. The van der Waals surface area contributed by atoms with Gasteiger partial charge >= 0.3 is 0 Å². The Morgan fingerprint density at radius 3 is 3.13 bits per heavy atom. The molecule has 0 N–H and O–H groups in total. The van der Waals surface area contributed by atoms with Gasteiger partial charge in [0, 0.05) is 19.0 Å². The predicted molar refractivity (Wildman–Crippen MR) is 59.8 cm³/mol. The molecule has 1 aromatic rings. The second-order valence-electron chi connectivity index (χ2n) is 4.04. The van der Waals surface area contributed by atoms with Crippen LogP contribution in [-0.4, -0.2) is 38.6 Å². The lowest BCUT2D eigenvalue weighted by molar-refractivity contribution is 0.305. The summed E-state index contributed by atoms with van der Waals surface area (Å²) >= 11 is 5.85. The predicted octanol–water partition coefficient (Wildman–Crippen LogP) is 1.36. The standard InChI is InChI=1S/C10H17ClN4/c1-2-15-10(12-8-13-15)7-14-4-3-9(5-11)6-14/h8-9H,2-7H2,1H3. The van der Waals surface area contributed by atoms with Crippen molar-refractivity contribution in [2.75, 3.05) is 19.0 Å². The number of hydrogen-bond acceptors (Lipinski definition) is 3. The minimum Gasteiger partial charge on any atom is -0.296 e. The average Bonchev–Trinajstić information content (AvgIpc) is 2.87. The smallest absolute Gasteiger partial charge is 0.140 e. The van der Waals surface area contributed by atoms with Crippen molar-refractivity contribution in [1.82, 2.24) is 19.7 Å². The molecule has 15 heavy (non-hydrogen) atoms. The van der Waals surface area contributed by atoms with Crippen LogP contribution in [0.4, 0.5) is 0 Å². The topological polar surface area (TPSA) is 34.0 Å². The van der Waals surface area contributed by atoms with E-state index in [-0.39, 0.29) is 0 Å². The van der Waals surface area contributed by atoms with E-state index in [0.717, 1.165) is 37.9 Å². The Kier molecular flexibility index (Phi) is 3.59. The van der Waals surface area contributed by atoms with Crippen molar-refractivity contribution >= 4 is 11.6 Å². The van der Waals surface area contributed by atoms with Gasteiger partial charge in [-0.25, -0.2) is 9.67 Å². The zero-order valence-corrected chi connectivity index (χ0v) is 9.82.